The predicted molar refractivity (Wildman–Crippen MR) is 68.8 cm³/mol. The van der Waals surface area contributed by atoms with E-state index in [2.05, 4.69) is 29.0 Å². The van der Waals surface area contributed by atoms with E-state index in [1.807, 2.05) is 0 Å². The molecule has 17 heavy (non-hydrogen) atoms. The molecule has 0 radical (unpaired) electrons. The lowest BCUT2D eigenvalue weighted by Crippen LogP contribution is -2.50. The maximum Gasteiger partial charge on any atom is 0.236 e. The molecule has 2 saturated heterocycles. The fraction of sp³-hybridized carbons (Fsp3) is 0.923. The van der Waals surface area contributed by atoms with E-state index in [1.165, 1.54) is 6.42 Å². The topological polar surface area (TPSA) is 35.6 Å². The Kier molecular flexibility index (Phi) is 4.40. The van der Waals surface area contributed by atoms with Gasteiger partial charge >= 0.3 is 0 Å². The summed E-state index contributed by atoms with van der Waals surface area (Å²) < 4.78 is 0. The van der Waals surface area contributed by atoms with Gasteiger partial charge in [-0.05, 0) is 18.3 Å². The molecule has 2 atom stereocenters. The number of nitrogens with one attached hydrogen (secondary N) is 1. The molecule has 2 heterocycles. The number of likely N-dealkylation sites (tertiary alicyclic amines) is 1. The lowest BCUT2D eigenvalue weighted by Gasteiger charge is -2.36. The van der Waals surface area contributed by atoms with E-state index < -0.39 is 0 Å². The van der Waals surface area contributed by atoms with Crippen molar-refractivity contribution in [3.8, 4) is 0 Å². The van der Waals surface area contributed by atoms with Crippen LogP contribution < -0.4 is 5.32 Å². The summed E-state index contributed by atoms with van der Waals surface area (Å²) in [6.45, 7) is 11.1. The number of piperazine rings is 1. The first-order valence-electron chi connectivity index (χ1n) is 6.86. The SMILES string of the molecule is C[C@@H]1C[C@H](C)CN(C(=O)CN2CCNCC2)C1. The highest BCUT2D eigenvalue weighted by Crippen LogP contribution is 2.20. The summed E-state index contributed by atoms with van der Waals surface area (Å²) in [5.41, 5.74) is 0. The minimum absolute atomic E-state index is 0.324. The Labute approximate surface area is 104 Å². The molecule has 2 aliphatic heterocycles. The first kappa shape index (κ1) is 12.8. The molecule has 0 aromatic carbocycles. The fourth-order valence-corrected chi connectivity index (χ4v) is 3.03. The zero-order valence-electron chi connectivity index (χ0n) is 11.1. The standard InChI is InChI=1S/C13H25N3O/c1-11-7-12(2)9-16(8-11)13(17)10-15-5-3-14-4-6-15/h11-12,14H,3-10H2,1-2H3/t11-,12+. The van der Waals surface area contributed by atoms with Gasteiger partial charge in [0, 0.05) is 39.3 Å². The predicted octanol–water partition coefficient (Wildman–Crippen LogP) is 0.396. The summed E-state index contributed by atoms with van der Waals surface area (Å²) in [6, 6.07) is 0. The van der Waals surface area contributed by atoms with Gasteiger partial charge in [-0.3, -0.25) is 9.69 Å². The van der Waals surface area contributed by atoms with Crippen LogP contribution in [0.15, 0.2) is 0 Å². The molecular weight excluding hydrogens is 214 g/mol. The van der Waals surface area contributed by atoms with E-state index in [-0.39, 0.29) is 0 Å². The zero-order valence-corrected chi connectivity index (χ0v) is 11.1. The van der Waals surface area contributed by atoms with Crippen LogP contribution in [-0.4, -0.2) is 61.5 Å². The summed E-state index contributed by atoms with van der Waals surface area (Å²) in [4.78, 5) is 16.6. The number of carbonyl (C=O) groups is 1. The fourth-order valence-electron chi connectivity index (χ4n) is 3.03. The number of carbonyl (C=O) groups excluding carboxylic acids is 1. The van der Waals surface area contributed by atoms with Crippen molar-refractivity contribution in [1.29, 1.82) is 0 Å². The van der Waals surface area contributed by atoms with Gasteiger partial charge in [0.15, 0.2) is 0 Å². The Hall–Kier alpha value is -0.610. The van der Waals surface area contributed by atoms with Crippen LogP contribution in [0, 0.1) is 11.8 Å². The third-order valence-electron chi connectivity index (χ3n) is 3.79. The van der Waals surface area contributed by atoms with Crippen LogP contribution in [-0.2, 0) is 4.79 Å². The Bertz CT molecular complexity index is 253. The van der Waals surface area contributed by atoms with E-state index in [1.54, 1.807) is 0 Å². The van der Waals surface area contributed by atoms with Crippen LogP contribution in [0.5, 0.6) is 0 Å². The molecule has 0 aromatic heterocycles. The Balaban J connectivity index is 1.81. The average molecular weight is 239 g/mol. The largest absolute Gasteiger partial charge is 0.341 e. The third kappa shape index (κ3) is 3.68. The van der Waals surface area contributed by atoms with E-state index in [0.29, 0.717) is 24.3 Å². The van der Waals surface area contributed by atoms with Gasteiger partial charge in [-0.1, -0.05) is 13.8 Å². The number of piperidine rings is 1. The minimum Gasteiger partial charge on any atom is -0.341 e. The van der Waals surface area contributed by atoms with Crippen LogP contribution in [0.25, 0.3) is 0 Å². The van der Waals surface area contributed by atoms with Crippen molar-refractivity contribution < 1.29 is 4.79 Å². The van der Waals surface area contributed by atoms with Crippen LogP contribution in [0.3, 0.4) is 0 Å². The molecule has 0 unspecified atom stereocenters. The molecule has 2 aliphatic rings. The van der Waals surface area contributed by atoms with Crippen molar-refractivity contribution >= 4 is 5.91 Å². The molecule has 2 fully saturated rings. The molecule has 1 N–H and O–H groups in total. The molecule has 0 saturated carbocycles. The number of hydrogen-bond acceptors (Lipinski definition) is 3. The summed E-state index contributed by atoms with van der Waals surface area (Å²) in [5.74, 6) is 1.64. The quantitative estimate of drug-likeness (QED) is 0.757. The van der Waals surface area contributed by atoms with Gasteiger partial charge in [0.2, 0.25) is 5.91 Å². The van der Waals surface area contributed by atoms with Gasteiger partial charge in [0.25, 0.3) is 0 Å². The second-order valence-corrected chi connectivity index (χ2v) is 5.77. The van der Waals surface area contributed by atoms with Crippen molar-refractivity contribution in [2.45, 2.75) is 20.3 Å². The maximum atomic E-state index is 12.2. The first-order chi connectivity index (χ1) is 8.15. The van der Waals surface area contributed by atoms with Crippen molar-refractivity contribution in [2.75, 3.05) is 45.8 Å². The van der Waals surface area contributed by atoms with Crippen molar-refractivity contribution in [2.24, 2.45) is 11.8 Å². The zero-order chi connectivity index (χ0) is 12.3. The molecule has 98 valence electrons. The van der Waals surface area contributed by atoms with E-state index in [0.717, 1.165) is 39.3 Å². The van der Waals surface area contributed by atoms with Crippen molar-refractivity contribution in [3.63, 3.8) is 0 Å². The minimum atomic E-state index is 0.324. The molecule has 4 heteroatoms. The number of nitrogens with zero attached hydrogens (tertiary/aromatic N) is 2. The summed E-state index contributed by atoms with van der Waals surface area (Å²) in [5, 5.41) is 3.32. The van der Waals surface area contributed by atoms with Crippen LogP contribution >= 0.6 is 0 Å². The normalized spacial score (nSPS) is 31.5. The van der Waals surface area contributed by atoms with Gasteiger partial charge in [-0.25, -0.2) is 0 Å². The summed E-state index contributed by atoms with van der Waals surface area (Å²) >= 11 is 0. The molecule has 4 nitrogen and oxygen atoms in total. The Morgan fingerprint density at radius 3 is 2.35 bits per heavy atom. The number of hydrogen-bond donors (Lipinski definition) is 1. The van der Waals surface area contributed by atoms with Gasteiger partial charge in [0.05, 0.1) is 6.54 Å². The number of rotatable bonds is 2. The summed E-state index contributed by atoms with van der Waals surface area (Å²) in [7, 11) is 0. The molecule has 0 aliphatic carbocycles. The van der Waals surface area contributed by atoms with Crippen LogP contribution in [0.1, 0.15) is 20.3 Å². The Morgan fingerprint density at radius 2 is 1.76 bits per heavy atom. The number of amides is 1. The lowest BCUT2D eigenvalue weighted by molar-refractivity contribution is -0.135. The monoisotopic (exact) mass is 239 g/mol. The second kappa shape index (κ2) is 5.83. The highest BCUT2D eigenvalue weighted by molar-refractivity contribution is 5.78. The average Bonchev–Trinajstić information content (AvgIpc) is 2.29. The molecule has 0 spiro atoms. The highest BCUT2D eigenvalue weighted by Gasteiger charge is 2.26. The molecule has 2 rings (SSSR count). The van der Waals surface area contributed by atoms with Gasteiger partial charge in [0.1, 0.15) is 0 Å². The molecule has 1 amide bonds. The third-order valence-corrected chi connectivity index (χ3v) is 3.79. The van der Waals surface area contributed by atoms with Gasteiger partial charge in [-0.2, -0.15) is 0 Å². The van der Waals surface area contributed by atoms with E-state index in [4.69, 9.17) is 0 Å². The molecule has 0 aromatic rings. The van der Waals surface area contributed by atoms with Gasteiger partial charge in [-0.15, -0.1) is 0 Å². The molecule has 0 bridgehead atoms. The van der Waals surface area contributed by atoms with E-state index >= 15 is 0 Å². The van der Waals surface area contributed by atoms with Crippen molar-refractivity contribution in [1.82, 2.24) is 15.1 Å². The molecular formula is C13H25N3O. The van der Waals surface area contributed by atoms with Crippen LogP contribution in [0.2, 0.25) is 0 Å². The second-order valence-electron chi connectivity index (χ2n) is 5.77. The summed E-state index contributed by atoms with van der Waals surface area (Å²) in [6.07, 6.45) is 1.26. The Morgan fingerprint density at radius 1 is 1.18 bits per heavy atom. The van der Waals surface area contributed by atoms with Gasteiger partial charge < -0.3 is 10.2 Å². The maximum absolute atomic E-state index is 12.2. The smallest absolute Gasteiger partial charge is 0.236 e. The first-order valence-corrected chi connectivity index (χ1v) is 6.86. The van der Waals surface area contributed by atoms with Crippen molar-refractivity contribution in [3.05, 3.63) is 0 Å². The highest BCUT2D eigenvalue weighted by atomic mass is 16.2. The van der Waals surface area contributed by atoms with E-state index in [9.17, 15) is 4.79 Å². The lowest BCUT2D eigenvalue weighted by atomic mass is 9.92. The van der Waals surface area contributed by atoms with Crippen LogP contribution in [0.4, 0.5) is 0 Å².